The number of fused-ring (bicyclic) bond motifs is 1. The zero-order valence-corrected chi connectivity index (χ0v) is 13.3. The molecule has 0 aliphatic carbocycles. The fraction of sp³-hybridized carbons (Fsp3) is 0.188. The number of carboxylic acid groups (broad SMARTS) is 1. The van der Waals surface area contributed by atoms with E-state index in [1.165, 1.54) is 12.1 Å². The van der Waals surface area contributed by atoms with Crippen LogP contribution < -0.4 is 14.2 Å². The van der Waals surface area contributed by atoms with E-state index in [0.717, 1.165) is 0 Å². The maximum absolute atomic E-state index is 12.6. The van der Waals surface area contributed by atoms with E-state index in [4.69, 9.17) is 9.47 Å². The van der Waals surface area contributed by atoms with Crippen molar-refractivity contribution in [3.05, 3.63) is 54.1 Å². The molecule has 0 fully saturated rings. The molecule has 0 radical (unpaired) electrons. The van der Waals surface area contributed by atoms with E-state index < -0.39 is 22.0 Å². The Morgan fingerprint density at radius 2 is 1.88 bits per heavy atom. The van der Waals surface area contributed by atoms with Crippen molar-refractivity contribution in [3.63, 3.8) is 0 Å². The number of hydrogen-bond donors (Lipinski definition) is 2. The topological polar surface area (TPSA) is 102 Å². The molecule has 1 atom stereocenters. The highest BCUT2D eigenvalue weighted by molar-refractivity contribution is 7.89. The summed E-state index contributed by atoms with van der Waals surface area (Å²) in [6, 6.07) is 11.9. The Morgan fingerprint density at radius 1 is 1.12 bits per heavy atom. The number of nitrogens with one attached hydrogen (secondary N) is 1. The van der Waals surface area contributed by atoms with Crippen molar-refractivity contribution in [1.82, 2.24) is 4.72 Å². The average Bonchev–Trinajstić information content (AvgIpc) is 3.03. The lowest BCUT2D eigenvalue weighted by atomic mass is 10.1. The van der Waals surface area contributed by atoms with E-state index >= 15 is 0 Å². The Labute approximate surface area is 138 Å². The van der Waals surface area contributed by atoms with Crippen molar-refractivity contribution < 1.29 is 27.8 Å². The molecule has 0 saturated heterocycles. The molecule has 2 aromatic carbocycles. The normalized spacial score (nSPS) is 14.3. The van der Waals surface area contributed by atoms with Gasteiger partial charge < -0.3 is 14.6 Å². The van der Waals surface area contributed by atoms with Gasteiger partial charge in [0.05, 0.1) is 0 Å². The first-order chi connectivity index (χ1) is 11.5. The highest BCUT2D eigenvalue weighted by Gasteiger charge is 2.30. The molecule has 0 unspecified atom stereocenters. The molecule has 3 rings (SSSR count). The molecule has 2 N–H and O–H groups in total. The molecule has 1 aliphatic heterocycles. The number of rotatable bonds is 6. The highest BCUT2D eigenvalue weighted by Crippen LogP contribution is 2.37. The molecule has 0 aromatic heterocycles. The Morgan fingerprint density at radius 3 is 2.58 bits per heavy atom. The highest BCUT2D eigenvalue weighted by atomic mass is 32.2. The summed E-state index contributed by atoms with van der Waals surface area (Å²) in [5, 5.41) is 9.36. The smallest absolute Gasteiger partial charge is 0.322 e. The van der Waals surface area contributed by atoms with Gasteiger partial charge in [-0.2, -0.15) is 4.72 Å². The molecule has 0 spiro atoms. The van der Waals surface area contributed by atoms with Crippen LogP contribution >= 0.6 is 0 Å². The Bertz CT molecular complexity index is 850. The third-order valence-electron chi connectivity index (χ3n) is 3.53. The van der Waals surface area contributed by atoms with Gasteiger partial charge in [-0.3, -0.25) is 4.79 Å². The Kier molecular flexibility index (Phi) is 4.41. The van der Waals surface area contributed by atoms with Crippen molar-refractivity contribution in [2.75, 3.05) is 6.79 Å². The minimum Gasteiger partial charge on any atom is -0.480 e. The lowest BCUT2D eigenvalue weighted by molar-refractivity contribution is -0.138. The van der Waals surface area contributed by atoms with Gasteiger partial charge in [0.2, 0.25) is 16.8 Å². The fourth-order valence-electron chi connectivity index (χ4n) is 2.40. The third kappa shape index (κ3) is 3.34. The van der Waals surface area contributed by atoms with Crippen LogP contribution in [0.5, 0.6) is 11.5 Å². The van der Waals surface area contributed by atoms with E-state index in [1.54, 1.807) is 36.4 Å². The van der Waals surface area contributed by atoms with E-state index in [0.29, 0.717) is 11.3 Å². The summed E-state index contributed by atoms with van der Waals surface area (Å²) >= 11 is 0. The molecule has 0 saturated carbocycles. The second-order valence-corrected chi connectivity index (χ2v) is 6.87. The van der Waals surface area contributed by atoms with Gasteiger partial charge in [-0.05, 0) is 24.1 Å². The Hall–Kier alpha value is -2.58. The van der Waals surface area contributed by atoms with Gasteiger partial charge in [0.15, 0.2) is 11.5 Å². The summed E-state index contributed by atoms with van der Waals surface area (Å²) in [6.45, 7) is -0.0752. The first kappa shape index (κ1) is 16.3. The first-order valence-corrected chi connectivity index (χ1v) is 8.63. The summed E-state index contributed by atoms with van der Waals surface area (Å²) in [6.07, 6.45) is 0.0295. The molecule has 2 aromatic rings. The second kappa shape index (κ2) is 6.50. The summed E-state index contributed by atoms with van der Waals surface area (Å²) in [5.74, 6) is -0.853. The molecule has 126 valence electrons. The van der Waals surface area contributed by atoms with Gasteiger partial charge in [-0.1, -0.05) is 36.4 Å². The molecule has 1 aliphatic rings. The predicted octanol–water partition coefficient (Wildman–Crippen LogP) is 1.39. The van der Waals surface area contributed by atoms with Crippen LogP contribution in [0.4, 0.5) is 0 Å². The standard InChI is InChI=1S/C16H15NO6S/c18-16(19)12(9-11-5-2-1-3-6-11)17-24(20,21)14-8-4-7-13-15(14)23-10-22-13/h1-8,12,17H,9-10H2,(H,18,19)/t12-/m1/s1. The van der Waals surface area contributed by atoms with E-state index in [2.05, 4.69) is 4.72 Å². The Balaban J connectivity index is 1.87. The van der Waals surface area contributed by atoms with Crippen molar-refractivity contribution >= 4 is 16.0 Å². The summed E-state index contributed by atoms with van der Waals surface area (Å²) in [5.41, 5.74) is 0.713. The van der Waals surface area contributed by atoms with Crippen LogP contribution in [0.15, 0.2) is 53.4 Å². The van der Waals surface area contributed by atoms with Gasteiger partial charge in [-0.15, -0.1) is 0 Å². The predicted molar refractivity (Wildman–Crippen MR) is 84.5 cm³/mol. The molecule has 7 nitrogen and oxygen atoms in total. The molecule has 8 heteroatoms. The van der Waals surface area contributed by atoms with Crippen LogP contribution in [0.2, 0.25) is 0 Å². The quantitative estimate of drug-likeness (QED) is 0.817. The van der Waals surface area contributed by atoms with Crippen LogP contribution in [-0.2, 0) is 21.2 Å². The van der Waals surface area contributed by atoms with Gasteiger partial charge >= 0.3 is 5.97 Å². The van der Waals surface area contributed by atoms with E-state index in [9.17, 15) is 18.3 Å². The summed E-state index contributed by atoms with van der Waals surface area (Å²) in [7, 11) is -4.09. The molecular formula is C16H15NO6S. The zero-order valence-electron chi connectivity index (χ0n) is 12.5. The van der Waals surface area contributed by atoms with Crippen LogP contribution in [0.1, 0.15) is 5.56 Å². The number of carbonyl (C=O) groups is 1. The van der Waals surface area contributed by atoms with Crippen LogP contribution in [-0.4, -0.2) is 32.3 Å². The number of benzene rings is 2. The van der Waals surface area contributed by atoms with Crippen molar-refractivity contribution in [1.29, 1.82) is 0 Å². The molecule has 24 heavy (non-hydrogen) atoms. The number of sulfonamides is 1. The minimum atomic E-state index is -4.09. The largest absolute Gasteiger partial charge is 0.480 e. The van der Waals surface area contributed by atoms with Gasteiger partial charge in [0.25, 0.3) is 0 Å². The number of hydrogen-bond acceptors (Lipinski definition) is 5. The van der Waals surface area contributed by atoms with E-state index in [1.807, 2.05) is 0 Å². The SMILES string of the molecule is O=C(O)[C@@H](Cc1ccccc1)NS(=O)(=O)c1cccc2c1OCO2. The van der Waals surface area contributed by atoms with Crippen LogP contribution in [0.25, 0.3) is 0 Å². The second-order valence-electron chi connectivity index (χ2n) is 5.19. The lowest BCUT2D eigenvalue weighted by Gasteiger charge is -2.15. The maximum Gasteiger partial charge on any atom is 0.322 e. The summed E-state index contributed by atoms with van der Waals surface area (Å²) in [4.78, 5) is 11.3. The molecule has 0 amide bonds. The maximum atomic E-state index is 12.6. The number of ether oxygens (including phenoxy) is 2. The fourth-order valence-corrected chi connectivity index (χ4v) is 3.74. The van der Waals surface area contributed by atoms with Crippen LogP contribution in [0, 0.1) is 0 Å². The number of carboxylic acids is 1. The monoisotopic (exact) mass is 349 g/mol. The average molecular weight is 349 g/mol. The molecule has 0 bridgehead atoms. The number of aliphatic carboxylic acids is 1. The van der Waals surface area contributed by atoms with Crippen LogP contribution in [0.3, 0.4) is 0 Å². The molecule has 1 heterocycles. The zero-order chi connectivity index (χ0) is 17.2. The van der Waals surface area contributed by atoms with Gasteiger partial charge in [-0.25, -0.2) is 8.42 Å². The van der Waals surface area contributed by atoms with Gasteiger partial charge in [0.1, 0.15) is 10.9 Å². The van der Waals surface area contributed by atoms with Crippen molar-refractivity contribution in [2.45, 2.75) is 17.4 Å². The van der Waals surface area contributed by atoms with Crippen molar-refractivity contribution in [2.24, 2.45) is 0 Å². The minimum absolute atomic E-state index is 0.0295. The summed E-state index contributed by atoms with van der Waals surface area (Å²) < 4.78 is 37.7. The third-order valence-corrected chi connectivity index (χ3v) is 5.02. The molecular weight excluding hydrogens is 334 g/mol. The van der Waals surface area contributed by atoms with E-state index in [-0.39, 0.29) is 23.9 Å². The van der Waals surface area contributed by atoms with Gasteiger partial charge in [0, 0.05) is 0 Å². The van der Waals surface area contributed by atoms with Crippen molar-refractivity contribution in [3.8, 4) is 11.5 Å². The lowest BCUT2D eigenvalue weighted by Crippen LogP contribution is -2.42. The number of para-hydroxylation sites is 1. The first-order valence-electron chi connectivity index (χ1n) is 7.15.